The lowest BCUT2D eigenvalue weighted by Crippen LogP contribution is -2.36. The molecule has 18 heavy (non-hydrogen) atoms. The average Bonchev–Trinajstić information content (AvgIpc) is 2.57. The largest absolute Gasteiger partial charge is 0.347 e. The summed E-state index contributed by atoms with van der Waals surface area (Å²) in [4.78, 5) is 24.7. The summed E-state index contributed by atoms with van der Waals surface area (Å²) in [5.41, 5.74) is -0.0681. The van der Waals surface area contributed by atoms with E-state index in [4.69, 9.17) is 11.6 Å². The van der Waals surface area contributed by atoms with Gasteiger partial charge >= 0.3 is 0 Å². The first-order valence-electron chi connectivity index (χ1n) is 5.47. The fourth-order valence-corrected chi connectivity index (χ4v) is 2.06. The molecule has 4 nitrogen and oxygen atoms in total. The second-order valence-corrected chi connectivity index (χ2v) is 4.71. The van der Waals surface area contributed by atoms with Crippen molar-refractivity contribution in [2.24, 2.45) is 0 Å². The lowest BCUT2D eigenvalue weighted by atomic mass is 10.1. The van der Waals surface area contributed by atoms with E-state index < -0.39 is 11.7 Å². The zero-order valence-corrected chi connectivity index (χ0v) is 10.5. The molecule has 0 spiro atoms. The quantitative estimate of drug-likeness (QED) is 0.884. The van der Waals surface area contributed by atoms with E-state index in [-0.39, 0.29) is 29.0 Å². The standard InChI is InChI=1S/C12H12ClFN2O2/c1-16-6-8(5-11(16)17)15-12(18)9-3-2-7(13)4-10(9)14/h2-4,8H,5-6H2,1H3,(H,15,18). The molecule has 0 bridgehead atoms. The Morgan fingerprint density at radius 3 is 2.83 bits per heavy atom. The minimum Gasteiger partial charge on any atom is -0.347 e. The van der Waals surface area contributed by atoms with Crippen molar-refractivity contribution in [3.63, 3.8) is 0 Å². The van der Waals surface area contributed by atoms with Crippen LogP contribution in [0.3, 0.4) is 0 Å². The fourth-order valence-electron chi connectivity index (χ4n) is 1.90. The summed E-state index contributed by atoms with van der Waals surface area (Å²) in [5, 5.41) is 2.87. The van der Waals surface area contributed by atoms with Gasteiger partial charge in [0.05, 0.1) is 11.6 Å². The molecule has 0 radical (unpaired) electrons. The number of hydrogen-bond acceptors (Lipinski definition) is 2. The Balaban J connectivity index is 2.06. The van der Waals surface area contributed by atoms with E-state index in [1.807, 2.05) is 0 Å². The van der Waals surface area contributed by atoms with Crippen molar-refractivity contribution >= 4 is 23.4 Å². The van der Waals surface area contributed by atoms with Gasteiger partial charge in [-0.2, -0.15) is 0 Å². The van der Waals surface area contributed by atoms with Gasteiger partial charge in [-0.3, -0.25) is 9.59 Å². The van der Waals surface area contributed by atoms with Crippen molar-refractivity contribution in [1.29, 1.82) is 0 Å². The molecule has 2 amide bonds. The summed E-state index contributed by atoms with van der Waals surface area (Å²) in [7, 11) is 1.66. The topological polar surface area (TPSA) is 49.4 Å². The zero-order valence-electron chi connectivity index (χ0n) is 9.74. The first-order valence-corrected chi connectivity index (χ1v) is 5.85. The van der Waals surface area contributed by atoms with E-state index in [1.165, 1.54) is 17.0 Å². The molecule has 0 aliphatic carbocycles. The number of nitrogens with zero attached hydrogens (tertiary/aromatic N) is 1. The van der Waals surface area contributed by atoms with E-state index in [9.17, 15) is 14.0 Å². The van der Waals surface area contributed by atoms with Gasteiger partial charge in [0, 0.05) is 25.0 Å². The maximum Gasteiger partial charge on any atom is 0.254 e. The Bertz CT molecular complexity index is 507. The summed E-state index contributed by atoms with van der Waals surface area (Å²) < 4.78 is 13.5. The molecule has 2 rings (SSSR count). The summed E-state index contributed by atoms with van der Waals surface area (Å²) in [6.07, 6.45) is 0.247. The molecule has 1 aromatic rings. The summed E-state index contributed by atoms with van der Waals surface area (Å²) in [6.45, 7) is 0.444. The molecule has 1 aliphatic rings. The molecule has 1 unspecified atom stereocenters. The Morgan fingerprint density at radius 2 is 2.28 bits per heavy atom. The molecule has 96 valence electrons. The third-order valence-corrected chi connectivity index (χ3v) is 3.09. The van der Waals surface area contributed by atoms with Gasteiger partial charge in [0.15, 0.2) is 0 Å². The molecule has 6 heteroatoms. The van der Waals surface area contributed by atoms with Crippen LogP contribution in [-0.4, -0.2) is 36.3 Å². The maximum absolute atomic E-state index is 13.5. The zero-order chi connectivity index (χ0) is 13.3. The highest BCUT2D eigenvalue weighted by molar-refractivity contribution is 6.30. The smallest absolute Gasteiger partial charge is 0.254 e. The first-order chi connectivity index (χ1) is 8.47. The van der Waals surface area contributed by atoms with Crippen LogP contribution in [0, 0.1) is 5.82 Å². The van der Waals surface area contributed by atoms with Crippen LogP contribution < -0.4 is 5.32 Å². The van der Waals surface area contributed by atoms with Gasteiger partial charge in [0.2, 0.25) is 5.91 Å². The number of likely N-dealkylation sites (tertiary alicyclic amines) is 1. The van der Waals surface area contributed by atoms with Crippen LogP contribution in [0.5, 0.6) is 0 Å². The van der Waals surface area contributed by atoms with Crippen molar-refractivity contribution in [1.82, 2.24) is 10.2 Å². The van der Waals surface area contributed by atoms with Crippen molar-refractivity contribution in [2.45, 2.75) is 12.5 Å². The molecular formula is C12H12ClFN2O2. The molecule has 1 heterocycles. The highest BCUT2D eigenvalue weighted by atomic mass is 35.5. The fraction of sp³-hybridized carbons (Fsp3) is 0.333. The van der Waals surface area contributed by atoms with Crippen LogP contribution in [0.15, 0.2) is 18.2 Å². The van der Waals surface area contributed by atoms with Gasteiger partial charge < -0.3 is 10.2 Å². The van der Waals surface area contributed by atoms with Gasteiger partial charge in [0.1, 0.15) is 5.82 Å². The van der Waals surface area contributed by atoms with E-state index in [0.29, 0.717) is 6.54 Å². The van der Waals surface area contributed by atoms with Crippen molar-refractivity contribution < 1.29 is 14.0 Å². The van der Waals surface area contributed by atoms with Gasteiger partial charge in [0.25, 0.3) is 5.91 Å². The van der Waals surface area contributed by atoms with Crippen LogP contribution in [0.2, 0.25) is 5.02 Å². The highest BCUT2D eigenvalue weighted by Crippen LogP contribution is 2.15. The Kier molecular flexibility index (Phi) is 3.52. The number of benzene rings is 1. The van der Waals surface area contributed by atoms with E-state index in [2.05, 4.69) is 5.32 Å². The SMILES string of the molecule is CN1CC(NC(=O)c2ccc(Cl)cc2F)CC1=O. The highest BCUT2D eigenvalue weighted by Gasteiger charge is 2.28. The second-order valence-electron chi connectivity index (χ2n) is 4.27. The van der Waals surface area contributed by atoms with Crippen molar-refractivity contribution in [2.75, 3.05) is 13.6 Å². The van der Waals surface area contributed by atoms with Crippen molar-refractivity contribution in [3.05, 3.63) is 34.6 Å². The normalized spacial score (nSPS) is 19.2. The number of halogens is 2. The third kappa shape index (κ3) is 2.61. The number of amides is 2. The van der Waals surface area contributed by atoms with Gasteiger partial charge in [-0.25, -0.2) is 4.39 Å². The number of carbonyl (C=O) groups is 2. The Labute approximate surface area is 109 Å². The average molecular weight is 271 g/mol. The molecule has 1 fully saturated rings. The number of hydrogen-bond donors (Lipinski definition) is 1. The first kappa shape index (κ1) is 12.8. The number of carbonyl (C=O) groups excluding carboxylic acids is 2. The van der Waals surface area contributed by atoms with Gasteiger partial charge in [-0.05, 0) is 18.2 Å². The van der Waals surface area contributed by atoms with Crippen LogP contribution in [0.1, 0.15) is 16.8 Å². The molecule has 1 aliphatic heterocycles. The van der Waals surface area contributed by atoms with E-state index >= 15 is 0 Å². The van der Waals surface area contributed by atoms with Crippen LogP contribution >= 0.6 is 11.6 Å². The van der Waals surface area contributed by atoms with E-state index in [0.717, 1.165) is 6.07 Å². The Hall–Kier alpha value is -1.62. The lowest BCUT2D eigenvalue weighted by molar-refractivity contribution is -0.126. The number of likely N-dealkylation sites (N-methyl/N-ethyl adjacent to an activating group) is 1. The molecule has 1 N–H and O–H groups in total. The molecule has 1 aromatic carbocycles. The lowest BCUT2D eigenvalue weighted by Gasteiger charge is -2.12. The predicted octanol–water partition coefficient (Wildman–Crippen LogP) is 1.44. The molecule has 0 saturated carbocycles. The van der Waals surface area contributed by atoms with Crippen LogP contribution in [0.25, 0.3) is 0 Å². The molecule has 1 saturated heterocycles. The third-order valence-electron chi connectivity index (χ3n) is 2.85. The second kappa shape index (κ2) is 4.94. The predicted molar refractivity (Wildman–Crippen MR) is 64.9 cm³/mol. The van der Waals surface area contributed by atoms with Gasteiger partial charge in [-0.15, -0.1) is 0 Å². The summed E-state index contributed by atoms with van der Waals surface area (Å²) in [6, 6.07) is 3.59. The van der Waals surface area contributed by atoms with Crippen molar-refractivity contribution in [3.8, 4) is 0 Å². The van der Waals surface area contributed by atoms with Crippen LogP contribution in [0.4, 0.5) is 4.39 Å². The molecule has 0 aromatic heterocycles. The summed E-state index contributed by atoms with van der Waals surface area (Å²) >= 11 is 5.61. The molecular weight excluding hydrogens is 259 g/mol. The Morgan fingerprint density at radius 1 is 1.56 bits per heavy atom. The number of nitrogens with one attached hydrogen (secondary N) is 1. The summed E-state index contributed by atoms with van der Waals surface area (Å²) in [5.74, 6) is -1.23. The number of rotatable bonds is 2. The maximum atomic E-state index is 13.5. The van der Waals surface area contributed by atoms with E-state index in [1.54, 1.807) is 7.05 Å². The monoisotopic (exact) mass is 270 g/mol. The van der Waals surface area contributed by atoms with Crippen LogP contribution in [-0.2, 0) is 4.79 Å². The minimum atomic E-state index is -0.669. The van der Waals surface area contributed by atoms with Gasteiger partial charge in [-0.1, -0.05) is 11.6 Å². The molecule has 1 atom stereocenters. The minimum absolute atomic E-state index is 0.0307.